The number of hydrogen-bond donors (Lipinski definition) is 0. The summed E-state index contributed by atoms with van der Waals surface area (Å²) in [5.74, 6) is 0. The van der Waals surface area contributed by atoms with Gasteiger partial charge in [0.05, 0.1) is 33.0 Å². The van der Waals surface area contributed by atoms with Crippen molar-refractivity contribution < 1.29 is 0 Å². The fourth-order valence-corrected chi connectivity index (χ4v) is 4.80. The van der Waals surface area contributed by atoms with Crippen LogP contribution in [-0.2, 0) is 6.54 Å². The number of nitrogens with zero attached hydrogens (tertiary/aromatic N) is 7. The van der Waals surface area contributed by atoms with E-state index < -0.39 is 0 Å². The molecule has 2 aromatic heterocycles. The van der Waals surface area contributed by atoms with Gasteiger partial charge in [0.15, 0.2) is 0 Å². The minimum absolute atomic E-state index is 0.0857. The third-order valence-electron chi connectivity index (χ3n) is 3.88. The van der Waals surface area contributed by atoms with Crippen LogP contribution in [0.1, 0.15) is 5.69 Å². The molecule has 0 fully saturated rings. The Balaban J connectivity index is 1.71. The summed E-state index contributed by atoms with van der Waals surface area (Å²) >= 11 is 17.1. The molecule has 4 aromatic rings. The highest BCUT2D eigenvalue weighted by Crippen LogP contribution is 2.33. The zero-order valence-corrected chi connectivity index (χ0v) is 17.7. The van der Waals surface area contributed by atoms with E-state index in [2.05, 4.69) is 36.3 Å². The number of benzene rings is 2. The van der Waals surface area contributed by atoms with Gasteiger partial charge in [-0.2, -0.15) is 0 Å². The second kappa shape index (κ2) is 7.57. The minimum Gasteiger partial charge on any atom is -0.293 e. The van der Waals surface area contributed by atoms with Crippen molar-refractivity contribution in [2.75, 3.05) is 0 Å². The first-order valence-corrected chi connectivity index (χ1v) is 10.1. The quantitative estimate of drug-likeness (QED) is 0.205. The smallest absolute Gasteiger partial charge is 0.293 e. The number of fused-ring (bicyclic) bond motifs is 1. The molecule has 0 saturated heterocycles. The molecule has 4 rings (SSSR count). The van der Waals surface area contributed by atoms with Gasteiger partial charge >= 0.3 is 4.87 Å². The third-order valence-corrected chi connectivity index (χ3v) is 5.89. The Kier molecular flexibility index (Phi) is 5.13. The number of rotatable bonds is 4. The minimum atomic E-state index is -0.0857. The van der Waals surface area contributed by atoms with Crippen LogP contribution in [-0.4, -0.2) is 19.6 Å². The van der Waals surface area contributed by atoms with E-state index in [0.29, 0.717) is 17.1 Å². The molecule has 12 heteroatoms. The highest BCUT2D eigenvalue weighted by atomic mass is 79.9. The number of aromatic nitrogens is 4. The largest absolute Gasteiger partial charge is 0.308 e. The van der Waals surface area contributed by atoms with E-state index in [-0.39, 0.29) is 21.5 Å². The van der Waals surface area contributed by atoms with E-state index in [1.54, 1.807) is 10.8 Å². The zero-order valence-electron chi connectivity index (χ0n) is 13.8. The molecule has 0 aliphatic heterocycles. The standard InChI is InChI=1S/C16H8BrCl2N7OS/c17-8-1-2-13-14(3-8)28-16(27)25(13)6-10-7-26(24-22-10)15-11(18)4-9(21-23-20)5-12(15)19/h1-5,7H,6H2. The Morgan fingerprint density at radius 2 is 2.00 bits per heavy atom. The first-order valence-electron chi connectivity index (χ1n) is 7.71. The maximum absolute atomic E-state index is 12.4. The van der Waals surface area contributed by atoms with Crippen LogP contribution >= 0.6 is 50.5 Å². The molecule has 2 aromatic carbocycles. The average Bonchev–Trinajstić information content (AvgIpc) is 3.19. The van der Waals surface area contributed by atoms with E-state index in [4.69, 9.17) is 28.7 Å². The number of thiazole rings is 1. The van der Waals surface area contributed by atoms with E-state index in [1.807, 2.05) is 18.2 Å². The van der Waals surface area contributed by atoms with Crippen molar-refractivity contribution in [1.29, 1.82) is 0 Å². The van der Waals surface area contributed by atoms with Crippen molar-refractivity contribution >= 4 is 66.4 Å². The summed E-state index contributed by atoms with van der Waals surface area (Å²) in [5.41, 5.74) is 10.6. The normalized spacial score (nSPS) is 11.0. The summed E-state index contributed by atoms with van der Waals surface area (Å²) in [6.07, 6.45) is 1.65. The highest BCUT2D eigenvalue weighted by Gasteiger charge is 2.14. The Morgan fingerprint density at radius 1 is 1.25 bits per heavy atom. The Bertz CT molecular complexity index is 1300. The molecule has 2 heterocycles. The van der Waals surface area contributed by atoms with Crippen molar-refractivity contribution in [1.82, 2.24) is 19.6 Å². The van der Waals surface area contributed by atoms with Gasteiger partial charge in [-0.05, 0) is 35.9 Å². The molecule has 0 aliphatic carbocycles. The topological polar surface area (TPSA) is 101 Å². The first kappa shape index (κ1) is 19.0. The second-order valence-corrected chi connectivity index (χ2v) is 8.39. The van der Waals surface area contributed by atoms with Gasteiger partial charge in [0, 0.05) is 15.1 Å². The molecule has 8 nitrogen and oxygen atoms in total. The molecule has 0 amide bonds. The second-order valence-electron chi connectivity index (χ2n) is 5.67. The van der Waals surface area contributed by atoms with Gasteiger partial charge in [0.1, 0.15) is 11.4 Å². The van der Waals surface area contributed by atoms with E-state index in [9.17, 15) is 4.79 Å². The van der Waals surface area contributed by atoms with Crippen LogP contribution in [0.2, 0.25) is 10.0 Å². The van der Waals surface area contributed by atoms with Crippen molar-refractivity contribution in [3.05, 3.63) is 76.9 Å². The summed E-state index contributed by atoms with van der Waals surface area (Å²) in [4.78, 5) is 15.0. The van der Waals surface area contributed by atoms with Crippen LogP contribution in [0.25, 0.3) is 26.3 Å². The predicted octanol–water partition coefficient (Wildman–Crippen LogP) is 5.70. The van der Waals surface area contributed by atoms with E-state index in [0.717, 1.165) is 14.7 Å². The van der Waals surface area contributed by atoms with Crippen LogP contribution in [0.3, 0.4) is 0 Å². The molecule has 0 bridgehead atoms. The lowest BCUT2D eigenvalue weighted by atomic mass is 10.3. The molecule has 0 spiro atoms. The molecule has 0 aliphatic rings. The first-order chi connectivity index (χ1) is 13.5. The number of halogens is 3. The van der Waals surface area contributed by atoms with Crippen LogP contribution in [0.4, 0.5) is 5.69 Å². The zero-order chi connectivity index (χ0) is 19.8. The maximum Gasteiger partial charge on any atom is 0.308 e. The van der Waals surface area contributed by atoms with Gasteiger partial charge in [-0.1, -0.05) is 60.8 Å². The lowest BCUT2D eigenvalue weighted by Gasteiger charge is -2.07. The van der Waals surface area contributed by atoms with Crippen molar-refractivity contribution in [3.8, 4) is 5.69 Å². The molecule has 0 N–H and O–H groups in total. The summed E-state index contributed by atoms with van der Waals surface area (Å²) in [6.45, 7) is 0.256. The molecule has 0 unspecified atom stereocenters. The Hall–Kier alpha value is -2.36. The molecular formula is C16H8BrCl2N7OS. The van der Waals surface area contributed by atoms with Crippen LogP contribution in [0, 0.1) is 0 Å². The fraction of sp³-hybridized carbons (Fsp3) is 0.0625. The van der Waals surface area contributed by atoms with Crippen LogP contribution < -0.4 is 4.87 Å². The molecule has 140 valence electrons. The lowest BCUT2D eigenvalue weighted by molar-refractivity contribution is 0.766. The van der Waals surface area contributed by atoms with Gasteiger partial charge in [-0.15, -0.1) is 5.10 Å². The van der Waals surface area contributed by atoms with Gasteiger partial charge in [-0.3, -0.25) is 9.36 Å². The van der Waals surface area contributed by atoms with Gasteiger partial charge < -0.3 is 0 Å². The summed E-state index contributed by atoms with van der Waals surface area (Å²) in [5, 5.41) is 12.2. The van der Waals surface area contributed by atoms with Gasteiger partial charge in [-0.25, -0.2) is 4.68 Å². The lowest BCUT2D eigenvalue weighted by Crippen LogP contribution is -2.13. The monoisotopic (exact) mass is 495 g/mol. The molecule has 0 atom stereocenters. The fourth-order valence-electron chi connectivity index (χ4n) is 2.71. The molecule has 28 heavy (non-hydrogen) atoms. The average molecular weight is 497 g/mol. The van der Waals surface area contributed by atoms with Crippen LogP contribution in [0.15, 0.2) is 50.9 Å². The highest BCUT2D eigenvalue weighted by molar-refractivity contribution is 9.10. The SMILES string of the molecule is [N-]=[N+]=Nc1cc(Cl)c(-n2cc(Cn3c(=O)sc4cc(Br)ccc43)nn2)c(Cl)c1. The van der Waals surface area contributed by atoms with Gasteiger partial charge in [0.2, 0.25) is 0 Å². The maximum atomic E-state index is 12.4. The summed E-state index contributed by atoms with van der Waals surface area (Å²) < 4.78 is 4.85. The number of hydrogen-bond acceptors (Lipinski definition) is 5. The Labute approximate surface area is 179 Å². The van der Waals surface area contributed by atoms with E-state index >= 15 is 0 Å². The molecule has 0 saturated carbocycles. The Morgan fingerprint density at radius 3 is 2.71 bits per heavy atom. The predicted molar refractivity (Wildman–Crippen MR) is 113 cm³/mol. The molecule has 0 radical (unpaired) electrons. The van der Waals surface area contributed by atoms with Crippen molar-refractivity contribution in [2.24, 2.45) is 5.11 Å². The summed E-state index contributed by atoms with van der Waals surface area (Å²) in [6, 6.07) is 8.63. The van der Waals surface area contributed by atoms with Crippen LogP contribution in [0.5, 0.6) is 0 Å². The van der Waals surface area contributed by atoms with Crippen molar-refractivity contribution in [2.45, 2.75) is 6.54 Å². The third kappa shape index (κ3) is 3.52. The van der Waals surface area contributed by atoms with Gasteiger partial charge in [0.25, 0.3) is 0 Å². The number of azide groups is 1. The molecular weight excluding hydrogens is 489 g/mol. The van der Waals surface area contributed by atoms with Crippen molar-refractivity contribution in [3.63, 3.8) is 0 Å². The van der Waals surface area contributed by atoms with E-state index in [1.165, 1.54) is 28.2 Å². The summed E-state index contributed by atoms with van der Waals surface area (Å²) in [7, 11) is 0.